The van der Waals surface area contributed by atoms with Crippen LogP contribution < -0.4 is 10.9 Å². The molecule has 0 aliphatic heterocycles. The predicted octanol–water partition coefficient (Wildman–Crippen LogP) is 2.97. The number of amides is 1. The average Bonchev–Trinajstić information content (AvgIpc) is 2.96. The van der Waals surface area contributed by atoms with Gasteiger partial charge < -0.3 is 5.32 Å². The van der Waals surface area contributed by atoms with E-state index in [1.165, 1.54) is 11.8 Å². The van der Waals surface area contributed by atoms with Gasteiger partial charge in [0.05, 0.1) is 22.3 Å². The number of nitrogens with one attached hydrogen (secondary N) is 1. The number of carbonyl (C=O) groups is 1. The molecule has 0 saturated carbocycles. The molecule has 2 heterocycles. The Bertz CT molecular complexity index is 1020. The number of rotatable bonds is 7. The van der Waals surface area contributed by atoms with E-state index < -0.39 is 0 Å². The fourth-order valence-corrected chi connectivity index (χ4v) is 3.63. The Kier molecular flexibility index (Phi) is 5.95. The third-order valence-electron chi connectivity index (χ3n) is 4.16. The molecule has 7 nitrogen and oxygen atoms in total. The zero-order valence-corrected chi connectivity index (χ0v) is 16.5. The maximum Gasteiger partial charge on any atom is 0.262 e. The first-order chi connectivity index (χ1) is 13.0. The van der Waals surface area contributed by atoms with Gasteiger partial charge in [-0.05, 0) is 25.5 Å². The normalized spacial score (nSPS) is 11.1. The first-order valence-corrected chi connectivity index (χ1v) is 9.91. The number of unbranched alkanes of at least 4 members (excludes halogenated alkanes) is 1. The number of carbonyl (C=O) groups excluding carboxylic acids is 1. The number of hydrogen-bond donors (Lipinski definition) is 1. The summed E-state index contributed by atoms with van der Waals surface area (Å²) in [6.07, 6.45) is 1.86. The van der Waals surface area contributed by atoms with Crippen molar-refractivity contribution >= 4 is 34.4 Å². The number of nitrogens with zero attached hydrogens (tertiary/aromatic N) is 4. The predicted molar refractivity (Wildman–Crippen MR) is 108 cm³/mol. The van der Waals surface area contributed by atoms with Gasteiger partial charge in [-0.3, -0.25) is 18.8 Å². The van der Waals surface area contributed by atoms with Crippen LogP contribution in [0.5, 0.6) is 0 Å². The highest BCUT2D eigenvalue weighted by atomic mass is 32.2. The minimum absolute atomic E-state index is 0.0563. The van der Waals surface area contributed by atoms with E-state index in [0.29, 0.717) is 28.4 Å². The largest absolute Gasteiger partial charge is 0.310 e. The van der Waals surface area contributed by atoms with Crippen molar-refractivity contribution in [3.05, 3.63) is 46.4 Å². The monoisotopic (exact) mass is 385 g/mol. The topological polar surface area (TPSA) is 81.8 Å². The molecular formula is C19H23N5O2S. The van der Waals surface area contributed by atoms with Gasteiger partial charge >= 0.3 is 0 Å². The molecule has 0 spiro atoms. The minimum Gasteiger partial charge on any atom is -0.310 e. The van der Waals surface area contributed by atoms with Crippen molar-refractivity contribution in [2.45, 2.75) is 38.4 Å². The van der Waals surface area contributed by atoms with Crippen LogP contribution in [0.25, 0.3) is 10.9 Å². The van der Waals surface area contributed by atoms with Crippen LogP contribution in [-0.4, -0.2) is 31.0 Å². The number of aryl methyl sites for hydroxylation is 2. The molecule has 0 radical (unpaired) electrons. The number of aromatic nitrogens is 4. The lowest BCUT2D eigenvalue weighted by atomic mass is 10.2. The van der Waals surface area contributed by atoms with Gasteiger partial charge in [-0.2, -0.15) is 5.10 Å². The van der Waals surface area contributed by atoms with Crippen LogP contribution in [-0.2, 0) is 18.4 Å². The van der Waals surface area contributed by atoms with Gasteiger partial charge in [0.1, 0.15) is 5.82 Å². The Hall–Kier alpha value is -2.61. The fraction of sp³-hybridized carbons (Fsp3) is 0.368. The third kappa shape index (κ3) is 4.39. The molecule has 27 heavy (non-hydrogen) atoms. The molecule has 2 aromatic heterocycles. The van der Waals surface area contributed by atoms with Crippen molar-refractivity contribution in [3.63, 3.8) is 0 Å². The highest BCUT2D eigenvalue weighted by molar-refractivity contribution is 7.99. The van der Waals surface area contributed by atoms with Gasteiger partial charge in [0.15, 0.2) is 5.16 Å². The second-order valence-electron chi connectivity index (χ2n) is 6.35. The molecular weight excluding hydrogens is 362 g/mol. The van der Waals surface area contributed by atoms with E-state index in [9.17, 15) is 9.59 Å². The summed E-state index contributed by atoms with van der Waals surface area (Å²) in [5, 5.41) is 8.23. The van der Waals surface area contributed by atoms with Crippen molar-refractivity contribution in [2.24, 2.45) is 7.05 Å². The van der Waals surface area contributed by atoms with Crippen molar-refractivity contribution in [2.75, 3.05) is 11.1 Å². The molecule has 0 saturated heterocycles. The molecule has 1 amide bonds. The quantitative estimate of drug-likeness (QED) is 0.499. The number of fused-ring (bicyclic) bond motifs is 1. The van der Waals surface area contributed by atoms with Crippen LogP contribution in [0.3, 0.4) is 0 Å². The Morgan fingerprint density at radius 2 is 2.07 bits per heavy atom. The molecule has 0 fully saturated rings. The Balaban J connectivity index is 1.81. The summed E-state index contributed by atoms with van der Waals surface area (Å²) in [6.45, 7) is 4.55. The zero-order valence-electron chi connectivity index (χ0n) is 15.7. The van der Waals surface area contributed by atoms with Crippen LogP contribution in [0, 0.1) is 6.92 Å². The summed E-state index contributed by atoms with van der Waals surface area (Å²) < 4.78 is 3.31. The van der Waals surface area contributed by atoms with Crippen LogP contribution in [0.2, 0.25) is 0 Å². The van der Waals surface area contributed by atoms with E-state index in [0.717, 1.165) is 18.5 Å². The zero-order chi connectivity index (χ0) is 19.4. The van der Waals surface area contributed by atoms with E-state index in [-0.39, 0.29) is 17.2 Å². The first kappa shape index (κ1) is 19.2. The van der Waals surface area contributed by atoms with Crippen molar-refractivity contribution in [1.29, 1.82) is 0 Å². The second-order valence-corrected chi connectivity index (χ2v) is 7.30. The van der Waals surface area contributed by atoms with Crippen molar-refractivity contribution in [3.8, 4) is 0 Å². The SMILES string of the molecule is CCCCn1c(SCC(=O)Nc2cc(C)nn2C)nc2ccccc2c1=O. The van der Waals surface area contributed by atoms with Crippen molar-refractivity contribution < 1.29 is 4.79 Å². The lowest BCUT2D eigenvalue weighted by molar-refractivity contribution is -0.113. The lowest BCUT2D eigenvalue weighted by Gasteiger charge is -2.12. The molecule has 3 rings (SSSR count). The molecule has 0 bridgehead atoms. The van der Waals surface area contributed by atoms with Gasteiger partial charge in [-0.25, -0.2) is 4.98 Å². The van der Waals surface area contributed by atoms with E-state index >= 15 is 0 Å². The Labute approximate surface area is 161 Å². The van der Waals surface area contributed by atoms with E-state index in [1.807, 2.05) is 31.2 Å². The second kappa shape index (κ2) is 8.39. The molecule has 1 N–H and O–H groups in total. The summed E-state index contributed by atoms with van der Waals surface area (Å²) in [5.41, 5.74) is 1.43. The molecule has 1 aromatic carbocycles. The third-order valence-corrected chi connectivity index (χ3v) is 5.14. The minimum atomic E-state index is -0.160. The fourth-order valence-electron chi connectivity index (χ4n) is 2.81. The highest BCUT2D eigenvalue weighted by Gasteiger charge is 2.14. The maximum absolute atomic E-state index is 12.8. The lowest BCUT2D eigenvalue weighted by Crippen LogP contribution is -2.24. The smallest absolute Gasteiger partial charge is 0.262 e. The van der Waals surface area contributed by atoms with E-state index in [4.69, 9.17) is 0 Å². The molecule has 0 aliphatic rings. The average molecular weight is 385 g/mol. The van der Waals surface area contributed by atoms with Crippen LogP contribution in [0.15, 0.2) is 40.3 Å². The van der Waals surface area contributed by atoms with Gasteiger partial charge in [0, 0.05) is 19.7 Å². The van der Waals surface area contributed by atoms with E-state index in [1.54, 1.807) is 22.4 Å². The highest BCUT2D eigenvalue weighted by Crippen LogP contribution is 2.19. The van der Waals surface area contributed by atoms with Gasteiger partial charge in [0.25, 0.3) is 5.56 Å². The Morgan fingerprint density at radius 3 is 2.78 bits per heavy atom. The van der Waals surface area contributed by atoms with Gasteiger partial charge in [-0.1, -0.05) is 37.2 Å². The maximum atomic E-state index is 12.8. The van der Waals surface area contributed by atoms with Crippen LogP contribution in [0.4, 0.5) is 5.82 Å². The molecule has 0 atom stereocenters. The molecule has 0 unspecified atom stereocenters. The Morgan fingerprint density at radius 1 is 1.30 bits per heavy atom. The molecule has 8 heteroatoms. The molecule has 0 aliphatic carbocycles. The van der Waals surface area contributed by atoms with Crippen LogP contribution in [0.1, 0.15) is 25.5 Å². The number of anilines is 1. The van der Waals surface area contributed by atoms with E-state index in [2.05, 4.69) is 22.3 Å². The van der Waals surface area contributed by atoms with Crippen molar-refractivity contribution in [1.82, 2.24) is 19.3 Å². The summed E-state index contributed by atoms with van der Waals surface area (Å²) in [6, 6.07) is 9.12. The summed E-state index contributed by atoms with van der Waals surface area (Å²) in [4.78, 5) is 29.8. The summed E-state index contributed by atoms with van der Waals surface area (Å²) in [7, 11) is 1.78. The van der Waals surface area contributed by atoms with Gasteiger partial charge in [-0.15, -0.1) is 0 Å². The standard InChI is InChI=1S/C19H23N5O2S/c1-4-5-10-24-18(26)14-8-6-7-9-15(14)20-19(24)27-12-17(25)21-16-11-13(2)22-23(16)3/h6-9,11H,4-5,10,12H2,1-3H3,(H,21,25). The summed E-state index contributed by atoms with van der Waals surface area (Å²) in [5.74, 6) is 0.654. The number of benzene rings is 1. The summed E-state index contributed by atoms with van der Waals surface area (Å²) >= 11 is 1.28. The number of hydrogen-bond acceptors (Lipinski definition) is 5. The van der Waals surface area contributed by atoms with Gasteiger partial charge in [0.2, 0.25) is 5.91 Å². The molecule has 142 valence electrons. The number of para-hydroxylation sites is 1. The van der Waals surface area contributed by atoms with Crippen LogP contribution >= 0.6 is 11.8 Å². The number of thioether (sulfide) groups is 1. The molecule has 3 aromatic rings. The first-order valence-electron chi connectivity index (χ1n) is 8.92.